The minimum Gasteiger partial charge on any atom is -0.372 e. The van der Waals surface area contributed by atoms with Gasteiger partial charge in [0.05, 0.1) is 6.20 Å². The second-order valence-corrected chi connectivity index (χ2v) is 3.60. The van der Waals surface area contributed by atoms with Gasteiger partial charge in [-0.2, -0.15) is 0 Å². The van der Waals surface area contributed by atoms with E-state index in [1.54, 1.807) is 18.6 Å². The van der Waals surface area contributed by atoms with Gasteiger partial charge in [-0.15, -0.1) is 0 Å². The lowest BCUT2D eigenvalue weighted by molar-refractivity contribution is -0.0131. The predicted octanol–water partition coefficient (Wildman–Crippen LogP) is 0.953. The summed E-state index contributed by atoms with van der Waals surface area (Å²) >= 11 is 0. The SMILES string of the molecule is OC(c1cnccn1)N1CCCCC1. The topological polar surface area (TPSA) is 49.3 Å². The molecule has 1 saturated heterocycles. The lowest BCUT2D eigenvalue weighted by Gasteiger charge is -2.30. The number of nitrogens with zero attached hydrogens (tertiary/aromatic N) is 3. The van der Waals surface area contributed by atoms with Crippen molar-refractivity contribution in [1.82, 2.24) is 14.9 Å². The standard InChI is InChI=1S/C10H15N3O/c14-10(9-8-11-4-5-12-9)13-6-2-1-3-7-13/h4-5,8,10,14H,1-3,6-7H2. The molecule has 4 heteroatoms. The number of aliphatic hydroxyl groups excluding tert-OH is 1. The molecule has 1 aromatic rings. The van der Waals surface area contributed by atoms with Crippen LogP contribution in [-0.2, 0) is 0 Å². The second-order valence-electron chi connectivity index (χ2n) is 3.60. The molecule has 4 nitrogen and oxygen atoms in total. The van der Waals surface area contributed by atoms with Crippen LogP contribution in [0.15, 0.2) is 18.6 Å². The Hall–Kier alpha value is -1.00. The summed E-state index contributed by atoms with van der Waals surface area (Å²) in [7, 11) is 0. The number of aliphatic hydroxyl groups is 1. The van der Waals surface area contributed by atoms with Crippen LogP contribution in [0.5, 0.6) is 0 Å². The summed E-state index contributed by atoms with van der Waals surface area (Å²) in [5.41, 5.74) is 0.648. The van der Waals surface area contributed by atoms with E-state index in [9.17, 15) is 5.11 Å². The van der Waals surface area contributed by atoms with Crippen LogP contribution in [0.2, 0.25) is 0 Å². The minimum atomic E-state index is -0.580. The third-order valence-electron chi connectivity index (χ3n) is 2.58. The van der Waals surface area contributed by atoms with Crippen molar-refractivity contribution in [3.63, 3.8) is 0 Å². The first-order valence-electron chi connectivity index (χ1n) is 5.06. The molecule has 0 aliphatic carbocycles. The van der Waals surface area contributed by atoms with Gasteiger partial charge in [-0.25, -0.2) is 0 Å². The third-order valence-corrected chi connectivity index (χ3v) is 2.58. The molecule has 2 rings (SSSR count). The molecular formula is C10H15N3O. The van der Waals surface area contributed by atoms with Crippen LogP contribution in [0.3, 0.4) is 0 Å². The zero-order chi connectivity index (χ0) is 9.80. The summed E-state index contributed by atoms with van der Waals surface area (Å²) in [6.45, 7) is 1.91. The molecule has 0 bridgehead atoms. The summed E-state index contributed by atoms with van der Waals surface area (Å²) < 4.78 is 0. The number of aromatic nitrogens is 2. The Kier molecular flexibility index (Phi) is 3.06. The van der Waals surface area contributed by atoms with Crippen molar-refractivity contribution >= 4 is 0 Å². The van der Waals surface area contributed by atoms with E-state index in [1.807, 2.05) is 4.90 Å². The Labute approximate surface area is 83.6 Å². The molecule has 2 heterocycles. The maximum absolute atomic E-state index is 9.97. The highest BCUT2D eigenvalue weighted by atomic mass is 16.3. The number of hydrogen-bond acceptors (Lipinski definition) is 4. The van der Waals surface area contributed by atoms with Crippen LogP contribution in [-0.4, -0.2) is 33.1 Å². The van der Waals surface area contributed by atoms with Crippen LogP contribution >= 0.6 is 0 Å². The molecule has 1 unspecified atom stereocenters. The zero-order valence-corrected chi connectivity index (χ0v) is 8.13. The van der Waals surface area contributed by atoms with Gasteiger partial charge in [0.1, 0.15) is 5.69 Å². The minimum absolute atomic E-state index is 0.580. The molecule has 1 atom stereocenters. The maximum atomic E-state index is 9.97. The van der Waals surface area contributed by atoms with Gasteiger partial charge in [0.15, 0.2) is 6.23 Å². The van der Waals surface area contributed by atoms with E-state index in [4.69, 9.17) is 0 Å². The van der Waals surface area contributed by atoms with Gasteiger partial charge in [0, 0.05) is 25.5 Å². The molecule has 0 amide bonds. The van der Waals surface area contributed by atoms with Crippen LogP contribution in [0.4, 0.5) is 0 Å². The molecule has 76 valence electrons. The van der Waals surface area contributed by atoms with E-state index in [0.717, 1.165) is 25.9 Å². The van der Waals surface area contributed by atoms with Gasteiger partial charge in [-0.05, 0) is 12.8 Å². The van der Waals surface area contributed by atoms with E-state index in [1.165, 1.54) is 6.42 Å². The average Bonchev–Trinajstić information content (AvgIpc) is 2.30. The summed E-state index contributed by atoms with van der Waals surface area (Å²) in [5.74, 6) is 0. The molecule has 1 aromatic heterocycles. The third kappa shape index (κ3) is 2.08. The zero-order valence-electron chi connectivity index (χ0n) is 8.13. The quantitative estimate of drug-likeness (QED) is 0.759. The number of hydrogen-bond donors (Lipinski definition) is 1. The van der Waals surface area contributed by atoms with Crippen LogP contribution in [0.25, 0.3) is 0 Å². The molecule has 0 spiro atoms. The molecule has 1 aliphatic heterocycles. The maximum Gasteiger partial charge on any atom is 0.152 e. The van der Waals surface area contributed by atoms with Gasteiger partial charge in [-0.3, -0.25) is 14.9 Å². The molecule has 14 heavy (non-hydrogen) atoms. The fourth-order valence-electron chi connectivity index (χ4n) is 1.79. The second kappa shape index (κ2) is 4.48. The van der Waals surface area contributed by atoms with E-state index in [0.29, 0.717) is 5.69 Å². The normalized spacial score (nSPS) is 20.6. The summed E-state index contributed by atoms with van der Waals surface area (Å²) in [4.78, 5) is 10.1. The number of rotatable bonds is 2. The fourth-order valence-corrected chi connectivity index (χ4v) is 1.79. The fraction of sp³-hybridized carbons (Fsp3) is 0.600. The van der Waals surface area contributed by atoms with Crippen molar-refractivity contribution in [1.29, 1.82) is 0 Å². The first kappa shape index (κ1) is 9.55. The first-order valence-corrected chi connectivity index (χ1v) is 5.06. The highest BCUT2D eigenvalue weighted by Crippen LogP contribution is 2.19. The highest BCUT2D eigenvalue weighted by Gasteiger charge is 2.20. The van der Waals surface area contributed by atoms with Gasteiger partial charge in [0.2, 0.25) is 0 Å². The Bertz CT molecular complexity index is 272. The monoisotopic (exact) mass is 193 g/mol. The Balaban J connectivity index is 2.03. The van der Waals surface area contributed by atoms with E-state index >= 15 is 0 Å². The summed E-state index contributed by atoms with van der Waals surface area (Å²) in [6.07, 6.45) is 7.87. The van der Waals surface area contributed by atoms with E-state index in [2.05, 4.69) is 9.97 Å². The highest BCUT2D eigenvalue weighted by molar-refractivity contribution is 4.98. The largest absolute Gasteiger partial charge is 0.372 e. The molecular weight excluding hydrogens is 178 g/mol. The number of piperidine rings is 1. The van der Waals surface area contributed by atoms with Gasteiger partial charge >= 0.3 is 0 Å². The van der Waals surface area contributed by atoms with Crippen LogP contribution < -0.4 is 0 Å². The van der Waals surface area contributed by atoms with Crippen molar-refractivity contribution in [2.45, 2.75) is 25.5 Å². The molecule has 0 saturated carbocycles. The lowest BCUT2D eigenvalue weighted by Crippen LogP contribution is -2.34. The van der Waals surface area contributed by atoms with E-state index < -0.39 is 6.23 Å². The lowest BCUT2D eigenvalue weighted by atomic mass is 10.1. The summed E-state index contributed by atoms with van der Waals surface area (Å²) in [6, 6.07) is 0. The Morgan fingerprint density at radius 2 is 2.00 bits per heavy atom. The van der Waals surface area contributed by atoms with Crippen molar-refractivity contribution < 1.29 is 5.11 Å². The van der Waals surface area contributed by atoms with Crippen molar-refractivity contribution in [3.05, 3.63) is 24.3 Å². The van der Waals surface area contributed by atoms with Gasteiger partial charge in [0.25, 0.3) is 0 Å². The Morgan fingerprint density at radius 3 is 2.64 bits per heavy atom. The molecule has 0 radical (unpaired) electrons. The smallest absolute Gasteiger partial charge is 0.152 e. The molecule has 0 aromatic carbocycles. The average molecular weight is 193 g/mol. The van der Waals surface area contributed by atoms with Gasteiger partial charge < -0.3 is 5.11 Å². The first-order chi connectivity index (χ1) is 6.88. The van der Waals surface area contributed by atoms with Crippen molar-refractivity contribution in [3.8, 4) is 0 Å². The van der Waals surface area contributed by atoms with E-state index in [-0.39, 0.29) is 0 Å². The Morgan fingerprint density at radius 1 is 1.21 bits per heavy atom. The van der Waals surface area contributed by atoms with Crippen LogP contribution in [0, 0.1) is 0 Å². The molecule has 1 fully saturated rings. The summed E-state index contributed by atoms with van der Waals surface area (Å²) in [5, 5.41) is 9.97. The van der Waals surface area contributed by atoms with Crippen molar-refractivity contribution in [2.75, 3.05) is 13.1 Å². The predicted molar refractivity (Wildman–Crippen MR) is 52.4 cm³/mol. The molecule has 1 aliphatic rings. The van der Waals surface area contributed by atoms with Crippen molar-refractivity contribution in [2.24, 2.45) is 0 Å². The van der Waals surface area contributed by atoms with Crippen LogP contribution in [0.1, 0.15) is 31.2 Å². The number of likely N-dealkylation sites (tertiary alicyclic amines) is 1. The molecule has 1 N–H and O–H groups in total. The van der Waals surface area contributed by atoms with Gasteiger partial charge in [-0.1, -0.05) is 6.42 Å².